The second kappa shape index (κ2) is 8.34. The van der Waals surface area contributed by atoms with E-state index in [4.69, 9.17) is 37.4 Å². The molecular weight excluding hydrogens is 393 g/mol. The topological polar surface area (TPSA) is 27.7 Å². The van der Waals surface area contributed by atoms with E-state index in [1.807, 2.05) is 0 Å². The number of hydrogen-bond donors (Lipinski definition) is 0. The zero-order valence-corrected chi connectivity index (χ0v) is 16.1. The number of alkyl halides is 2. The van der Waals surface area contributed by atoms with Gasteiger partial charge in [0.1, 0.15) is 0 Å². The van der Waals surface area contributed by atoms with Gasteiger partial charge in [-0.3, -0.25) is 0 Å². The minimum absolute atomic E-state index is 0.232. The van der Waals surface area contributed by atoms with Crippen LogP contribution in [0.25, 0.3) is 0 Å². The fourth-order valence-electron chi connectivity index (χ4n) is 2.22. The molecule has 8 heteroatoms. The van der Waals surface area contributed by atoms with Gasteiger partial charge in [0.15, 0.2) is 11.5 Å². The molecule has 0 radical (unpaired) electrons. The first-order valence-electron chi connectivity index (χ1n) is 7.10. The maximum Gasteiger partial charge on any atom is 0.302 e. The summed E-state index contributed by atoms with van der Waals surface area (Å²) in [6, 6.07) is 7.41. The van der Waals surface area contributed by atoms with Crippen LogP contribution >= 0.6 is 35.0 Å². The lowest BCUT2D eigenvalue weighted by molar-refractivity contribution is 0.106. The van der Waals surface area contributed by atoms with Crippen molar-refractivity contribution < 1.29 is 23.0 Å². The van der Waals surface area contributed by atoms with Crippen molar-refractivity contribution in [3.8, 4) is 17.2 Å². The highest BCUT2D eigenvalue weighted by Crippen LogP contribution is 2.43. The monoisotopic (exact) mass is 408 g/mol. The van der Waals surface area contributed by atoms with Crippen LogP contribution in [-0.4, -0.2) is 26.6 Å². The molecule has 3 nitrogen and oxygen atoms in total. The molecule has 136 valence electrons. The summed E-state index contributed by atoms with van der Waals surface area (Å²) in [6.07, 6.45) is -0.519. The summed E-state index contributed by atoms with van der Waals surface area (Å²) >= 11 is 12.1. The van der Waals surface area contributed by atoms with Gasteiger partial charge in [0, 0.05) is 11.3 Å². The van der Waals surface area contributed by atoms with Gasteiger partial charge in [-0.1, -0.05) is 35.0 Å². The number of hydrogen-bond acceptors (Lipinski definition) is 4. The van der Waals surface area contributed by atoms with Gasteiger partial charge in [-0.25, -0.2) is 0 Å². The van der Waals surface area contributed by atoms with Crippen molar-refractivity contribution >= 4 is 35.0 Å². The average Bonchev–Trinajstić information content (AvgIpc) is 2.56. The number of methoxy groups -OCH3 is 3. The summed E-state index contributed by atoms with van der Waals surface area (Å²) in [5.41, 5.74) is 0.354. The van der Waals surface area contributed by atoms with Crippen LogP contribution in [0, 0.1) is 0 Å². The first kappa shape index (κ1) is 19.9. The fourth-order valence-corrected chi connectivity index (χ4v) is 3.48. The van der Waals surface area contributed by atoms with Crippen LogP contribution in [0.5, 0.6) is 17.2 Å². The molecule has 0 aromatic heterocycles. The van der Waals surface area contributed by atoms with E-state index in [1.165, 1.54) is 51.7 Å². The lowest BCUT2D eigenvalue weighted by atomic mass is 10.1. The minimum atomic E-state index is -3.07. The molecule has 0 heterocycles. The van der Waals surface area contributed by atoms with Crippen molar-refractivity contribution in [3.63, 3.8) is 0 Å². The molecule has 0 amide bonds. The van der Waals surface area contributed by atoms with E-state index in [0.29, 0.717) is 44.5 Å². The molecule has 0 atom stereocenters. The van der Waals surface area contributed by atoms with E-state index < -0.39 is 11.7 Å². The molecule has 0 aliphatic heterocycles. The van der Waals surface area contributed by atoms with E-state index in [9.17, 15) is 8.78 Å². The number of ether oxygens (including phenoxy) is 3. The van der Waals surface area contributed by atoms with Crippen molar-refractivity contribution in [1.82, 2.24) is 0 Å². The second-order valence-electron chi connectivity index (χ2n) is 5.03. The smallest absolute Gasteiger partial charge is 0.302 e. The van der Waals surface area contributed by atoms with Crippen LogP contribution < -0.4 is 14.2 Å². The maximum atomic E-state index is 14.5. The molecule has 25 heavy (non-hydrogen) atoms. The van der Waals surface area contributed by atoms with Crippen LogP contribution in [0.2, 0.25) is 10.0 Å². The van der Waals surface area contributed by atoms with Crippen LogP contribution in [-0.2, 0) is 6.42 Å². The SMILES string of the molecule is COc1cc(CC(F)(F)Sc2ccc(Cl)c(Cl)c2)cc(OC)c1OC. The van der Waals surface area contributed by atoms with Gasteiger partial charge in [0.25, 0.3) is 0 Å². The van der Waals surface area contributed by atoms with E-state index in [0.717, 1.165) is 0 Å². The molecule has 2 aromatic carbocycles. The third kappa shape index (κ3) is 5.06. The Morgan fingerprint density at radius 2 is 1.52 bits per heavy atom. The third-order valence-corrected chi connectivity index (χ3v) is 4.96. The van der Waals surface area contributed by atoms with E-state index in [1.54, 1.807) is 0 Å². The molecule has 0 bridgehead atoms. The first-order chi connectivity index (χ1) is 11.8. The molecule has 0 aliphatic rings. The molecule has 0 saturated carbocycles. The van der Waals surface area contributed by atoms with Crippen LogP contribution in [0.1, 0.15) is 5.56 Å². The van der Waals surface area contributed by atoms with Crippen LogP contribution in [0.3, 0.4) is 0 Å². The Labute approximate surface area is 159 Å². The Kier molecular flexibility index (Phi) is 6.65. The summed E-state index contributed by atoms with van der Waals surface area (Å²) in [5.74, 6) is 1.01. The lowest BCUT2D eigenvalue weighted by Gasteiger charge is -2.18. The predicted molar refractivity (Wildman–Crippen MR) is 97.1 cm³/mol. The van der Waals surface area contributed by atoms with Gasteiger partial charge in [-0.15, -0.1) is 0 Å². The van der Waals surface area contributed by atoms with Gasteiger partial charge < -0.3 is 14.2 Å². The second-order valence-corrected chi connectivity index (χ2v) is 7.11. The summed E-state index contributed by atoms with van der Waals surface area (Å²) in [5, 5.41) is -2.52. The normalized spacial score (nSPS) is 11.3. The minimum Gasteiger partial charge on any atom is -0.493 e. The fraction of sp³-hybridized carbons (Fsp3) is 0.294. The zero-order valence-electron chi connectivity index (χ0n) is 13.7. The molecule has 0 saturated heterocycles. The Morgan fingerprint density at radius 1 is 0.920 bits per heavy atom. The predicted octanol–water partition coefficient (Wildman–Crippen LogP) is 5.95. The Hall–Kier alpha value is -1.37. The molecule has 2 aromatic rings. The molecule has 0 aliphatic carbocycles. The van der Waals surface area contributed by atoms with Gasteiger partial charge in [0.05, 0.1) is 31.4 Å². The van der Waals surface area contributed by atoms with Crippen molar-refractivity contribution in [2.24, 2.45) is 0 Å². The third-order valence-electron chi connectivity index (χ3n) is 3.29. The molecular formula is C17H16Cl2F2O3S. The largest absolute Gasteiger partial charge is 0.493 e. The number of benzene rings is 2. The summed E-state index contributed by atoms with van der Waals surface area (Å²) in [4.78, 5) is 0.326. The molecule has 0 N–H and O–H groups in total. The van der Waals surface area contributed by atoms with Crippen molar-refractivity contribution in [2.45, 2.75) is 16.6 Å². The highest BCUT2D eigenvalue weighted by atomic mass is 35.5. The highest BCUT2D eigenvalue weighted by molar-refractivity contribution is 8.00. The maximum absolute atomic E-state index is 14.5. The van der Waals surface area contributed by atoms with Gasteiger partial charge in [0.2, 0.25) is 5.75 Å². The van der Waals surface area contributed by atoms with Crippen LogP contribution in [0.4, 0.5) is 8.78 Å². The highest BCUT2D eigenvalue weighted by Gasteiger charge is 2.32. The summed E-state index contributed by atoms with van der Waals surface area (Å²) < 4.78 is 44.5. The van der Waals surface area contributed by atoms with Gasteiger partial charge >= 0.3 is 5.25 Å². The van der Waals surface area contributed by atoms with E-state index >= 15 is 0 Å². The molecule has 0 unspecified atom stereocenters. The lowest BCUT2D eigenvalue weighted by Crippen LogP contribution is -2.14. The van der Waals surface area contributed by atoms with Gasteiger partial charge in [-0.05, 0) is 35.9 Å². The number of halogens is 4. The van der Waals surface area contributed by atoms with Crippen LogP contribution in [0.15, 0.2) is 35.2 Å². The Morgan fingerprint density at radius 3 is 2.00 bits per heavy atom. The van der Waals surface area contributed by atoms with E-state index in [2.05, 4.69) is 0 Å². The summed E-state index contributed by atoms with van der Waals surface area (Å²) in [6.45, 7) is 0. The first-order valence-corrected chi connectivity index (χ1v) is 8.67. The average molecular weight is 409 g/mol. The molecule has 0 fully saturated rings. The zero-order chi connectivity index (χ0) is 18.6. The molecule has 0 spiro atoms. The Balaban J connectivity index is 2.25. The number of rotatable bonds is 7. The van der Waals surface area contributed by atoms with Gasteiger partial charge in [-0.2, -0.15) is 8.78 Å². The standard InChI is InChI=1S/C17H16Cl2F2O3S/c1-22-14-6-10(7-15(23-2)16(14)24-3)9-17(20,21)25-11-4-5-12(18)13(19)8-11/h4-8H,9H2,1-3H3. The summed E-state index contributed by atoms with van der Waals surface area (Å²) in [7, 11) is 4.32. The quantitative estimate of drug-likeness (QED) is 0.529. The molecule has 2 rings (SSSR count). The Bertz CT molecular complexity index is 732. The number of thioether (sulfide) groups is 1. The van der Waals surface area contributed by atoms with Crippen molar-refractivity contribution in [2.75, 3.05) is 21.3 Å². The van der Waals surface area contributed by atoms with Crippen molar-refractivity contribution in [3.05, 3.63) is 45.9 Å². The van der Waals surface area contributed by atoms with E-state index in [-0.39, 0.29) is 5.02 Å². The van der Waals surface area contributed by atoms with Crippen molar-refractivity contribution in [1.29, 1.82) is 0 Å².